The Balaban J connectivity index is 1.59. The molecule has 1 saturated carbocycles. The van der Waals surface area contributed by atoms with Gasteiger partial charge < -0.3 is 10.2 Å². The number of nitrogens with one attached hydrogen (secondary N) is 1. The Morgan fingerprint density at radius 3 is 2.43 bits per heavy atom. The molecule has 2 aromatic rings. The fraction of sp³-hybridized carbons (Fsp3) is 0.435. The standard InChI is InChI=1S/C23H29N3O2/c1-26(16-13-18-11-14-24-15-12-18)23(28)20-8-6-7-19(17-20)22(27)25-21-9-4-2-3-5-10-21/h6-8,11-12,14-15,17,21H,2-5,9-10,13,16H2,1H3,(H,25,27). The molecular weight excluding hydrogens is 350 g/mol. The van der Waals surface area contributed by atoms with Gasteiger partial charge in [-0.15, -0.1) is 0 Å². The fourth-order valence-corrected chi connectivity index (χ4v) is 3.65. The molecule has 0 saturated heterocycles. The minimum Gasteiger partial charge on any atom is -0.349 e. The summed E-state index contributed by atoms with van der Waals surface area (Å²) in [6.45, 7) is 0.612. The van der Waals surface area contributed by atoms with Crippen LogP contribution in [-0.4, -0.2) is 41.3 Å². The number of carbonyl (C=O) groups is 2. The van der Waals surface area contributed by atoms with Crippen molar-refractivity contribution in [2.24, 2.45) is 0 Å². The van der Waals surface area contributed by atoms with Crippen molar-refractivity contribution < 1.29 is 9.59 Å². The van der Waals surface area contributed by atoms with E-state index in [1.807, 2.05) is 12.1 Å². The molecule has 1 aliphatic rings. The molecule has 1 aromatic heterocycles. The lowest BCUT2D eigenvalue weighted by Crippen LogP contribution is -2.34. The Labute approximate surface area is 167 Å². The lowest BCUT2D eigenvalue weighted by atomic mass is 10.1. The number of rotatable bonds is 6. The number of benzene rings is 1. The SMILES string of the molecule is CN(CCc1ccncc1)C(=O)c1cccc(C(=O)NC2CCCCCC2)c1. The zero-order valence-corrected chi connectivity index (χ0v) is 16.6. The first-order valence-electron chi connectivity index (χ1n) is 10.2. The molecule has 3 rings (SSSR count). The van der Waals surface area contributed by atoms with E-state index in [9.17, 15) is 9.59 Å². The molecule has 1 aliphatic carbocycles. The zero-order valence-electron chi connectivity index (χ0n) is 16.6. The molecule has 1 N–H and O–H groups in total. The van der Waals surface area contributed by atoms with Crippen LogP contribution in [-0.2, 0) is 6.42 Å². The maximum Gasteiger partial charge on any atom is 0.253 e. The van der Waals surface area contributed by atoms with E-state index in [4.69, 9.17) is 0 Å². The van der Waals surface area contributed by atoms with E-state index in [0.717, 1.165) is 24.8 Å². The molecule has 1 heterocycles. The molecule has 1 fully saturated rings. The smallest absolute Gasteiger partial charge is 0.253 e. The van der Waals surface area contributed by atoms with Gasteiger partial charge in [-0.05, 0) is 55.2 Å². The summed E-state index contributed by atoms with van der Waals surface area (Å²) in [6.07, 6.45) is 11.2. The van der Waals surface area contributed by atoms with Gasteiger partial charge in [0.25, 0.3) is 11.8 Å². The number of hydrogen-bond acceptors (Lipinski definition) is 3. The monoisotopic (exact) mass is 379 g/mol. The summed E-state index contributed by atoms with van der Waals surface area (Å²) in [6, 6.07) is 11.2. The molecule has 0 bridgehead atoms. The van der Waals surface area contributed by atoms with Crippen molar-refractivity contribution in [3.63, 3.8) is 0 Å². The number of likely N-dealkylation sites (N-methyl/N-ethyl adjacent to an activating group) is 1. The predicted octanol–water partition coefficient (Wildman–Crippen LogP) is 3.85. The summed E-state index contributed by atoms with van der Waals surface area (Å²) in [5.74, 6) is -0.154. The largest absolute Gasteiger partial charge is 0.349 e. The van der Waals surface area contributed by atoms with Gasteiger partial charge in [0, 0.05) is 43.2 Å². The van der Waals surface area contributed by atoms with Crippen LogP contribution in [0.5, 0.6) is 0 Å². The molecule has 0 radical (unpaired) electrons. The van der Waals surface area contributed by atoms with Gasteiger partial charge >= 0.3 is 0 Å². The van der Waals surface area contributed by atoms with Crippen molar-refractivity contribution in [3.8, 4) is 0 Å². The van der Waals surface area contributed by atoms with E-state index in [-0.39, 0.29) is 17.9 Å². The highest BCUT2D eigenvalue weighted by Gasteiger charge is 2.18. The maximum absolute atomic E-state index is 12.8. The van der Waals surface area contributed by atoms with Gasteiger partial charge in [-0.25, -0.2) is 0 Å². The predicted molar refractivity (Wildman–Crippen MR) is 110 cm³/mol. The maximum atomic E-state index is 12.8. The average molecular weight is 380 g/mol. The Morgan fingerprint density at radius 1 is 1.04 bits per heavy atom. The Kier molecular flexibility index (Phi) is 7.18. The molecule has 1 aromatic carbocycles. The van der Waals surface area contributed by atoms with Gasteiger partial charge in [-0.1, -0.05) is 31.7 Å². The van der Waals surface area contributed by atoms with Crippen LogP contribution in [0.3, 0.4) is 0 Å². The summed E-state index contributed by atoms with van der Waals surface area (Å²) in [7, 11) is 1.79. The minimum absolute atomic E-state index is 0.0711. The van der Waals surface area contributed by atoms with Crippen LogP contribution in [0, 0.1) is 0 Å². The van der Waals surface area contributed by atoms with Crippen LogP contribution < -0.4 is 5.32 Å². The van der Waals surface area contributed by atoms with E-state index in [1.165, 1.54) is 25.7 Å². The summed E-state index contributed by atoms with van der Waals surface area (Å²) in [5.41, 5.74) is 2.24. The second kappa shape index (κ2) is 10.0. The van der Waals surface area contributed by atoms with E-state index in [0.29, 0.717) is 17.7 Å². The number of amides is 2. The normalized spacial score (nSPS) is 14.9. The van der Waals surface area contributed by atoms with Crippen LogP contribution in [0.4, 0.5) is 0 Å². The fourth-order valence-electron chi connectivity index (χ4n) is 3.65. The van der Waals surface area contributed by atoms with Crippen LogP contribution >= 0.6 is 0 Å². The number of aromatic nitrogens is 1. The zero-order chi connectivity index (χ0) is 19.8. The van der Waals surface area contributed by atoms with Gasteiger partial charge in [0.05, 0.1) is 0 Å². The highest BCUT2D eigenvalue weighted by Crippen LogP contribution is 2.18. The molecule has 0 unspecified atom stereocenters. The first-order valence-corrected chi connectivity index (χ1v) is 10.2. The van der Waals surface area contributed by atoms with Crippen molar-refractivity contribution in [2.45, 2.75) is 51.0 Å². The third-order valence-corrected chi connectivity index (χ3v) is 5.39. The summed E-state index contributed by atoms with van der Waals surface area (Å²) in [5, 5.41) is 3.15. The topological polar surface area (TPSA) is 62.3 Å². The van der Waals surface area contributed by atoms with Gasteiger partial charge in [-0.2, -0.15) is 0 Å². The van der Waals surface area contributed by atoms with E-state index in [2.05, 4.69) is 10.3 Å². The second-order valence-electron chi connectivity index (χ2n) is 7.57. The number of hydrogen-bond donors (Lipinski definition) is 1. The van der Waals surface area contributed by atoms with E-state index in [1.54, 1.807) is 48.6 Å². The third kappa shape index (κ3) is 5.65. The minimum atomic E-state index is -0.0824. The van der Waals surface area contributed by atoms with E-state index >= 15 is 0 Å². The molecule has 0 spiro atoms. The first-order chi connectivity index (χ1) is 13.6. The summed E-state index contributed by atoms with van der Waals surface area (Å²) >= 11 is 0. The number of nitrogens with zero attached hydrogens (tertiary/aromatic N) is 2. The first kappa shape index (κ1) is 20.1. The van der Waals surface area contributed by atoms with E-state index < -0.39 is 0 Å². The van der Waals surface area contributed by atoms with Crippen LogP contribution in [0.1, 0.15) is 64.8 Å². The molecule has 5 nitrogen and oxygen atoms in total. The highest BCUT2D eigenvalue weighted by atomic mass is 16.2. The molecule has 28 heavy (non-hydrogen) atoms. The van der Waals surface area contributed by atoms with Crippen molar-refractivity contribution in [2.75, 3.05) is 13.6 Å². The highest BCUT2D eigenvalue weighted by molar-refractivity contribution is 5.99. The van der Waals surface area contributed by atoms with Crippen molar-refractivity contribution in [3.05, 3.63) is 65.5 Å². The number of pyridine rings is 1. The molecule has 2 amide bonds. The number of carbonyl (C=O) groups excluding carboxylic acids is 2. The molecule has 5 heteroatoms. The Hall–Kier alpha value is -2.69. The summed E-state index contributed by atoms with van der Waals surface area (Å²) in [4.78, 5) is 31.1. The van der Waals surface area contributed by atoms with Crippen LogP contribution in [0.15, 0.2) is 48.8 Å². The second-order valence-corrected chi connectivity index (χ2v) is 7.57. The van der Waals surface area contributed by atoms with Gasteiger partial charge in [0.15, 0.2) is 0 Å². The van der Waals surface area contributed by atoms with Gasteiger partial charge in [0.2, 0.25) is 0 Å². The molecule has 0 aliphatic heterocycles. The van der Waals surface area contributed by atoms with Gasteiger partial charge in [-0.3, -0.25) is 14.6 Å². The Morgan fingerprint density at radius 2 is 1.71 bits per heavy atom. The third-order valence-electron chi connectivity index (χ3n) is 5.39. The van der Waals surface area contributed by atoms with Crippen LogP contribution in [0.25, 0.3) is 0 Å². The van der Waals surface area contributed by atoms with Gasteiger partial charge in [0.1, 0.15) is 0 Å². The van der Waals surface area contributed by atoms with Crippen molar-refractivity contribution in [1.82, 2.24) is 15.2 Å². The quantitative estimate of drug-likeness (QED) is 0.776. The molecule has 148 valence electrons. The Bertz CT molecular complexity index is 783. The molecular formula is C23H29N3O2. The lowest BCUT2D eigenvalue weighted by molar-refractivity contribution is 0.0796. The average Bonchev–Trinajstić information content (AvgIpc) is 3.01. The van der Waals surface area contributed by atoms with Crippen molar-refractivity contribution in [1.29, 1.82) is 0 Å². The summed E-state index contributed by atoms with van der Waals surface area (Å²) < 4.78 is 0. The van der Waals surface area contributed by atoms with Crippen molar-refractivity contribution >= 4 is 11.8 Å². The lowest BCUT2D eigenvalue weighted by Gasteiger charge is -2.18. The van der Waals surface area contributed by atoms with Crippen LogP contribution in [0.2, 0.25) is 0 Å². The molecule has 0 atom stereocenters.